The van der Waals surface area contributed by atoms with Gasteiger partial charge in [-0.2, -0.15) is 0 Å². The molecule has 1 aromatic rings. The van der Waals surface area contributed by atoms with Crippen LogP contribution in [0, 0.1) is 6.92 Å². The fraction of sp³-hybridized carbons (Fsp3) is 0.500. The van der Waals surface area contributed by atoms with Gasteiger partial charge < -0.3 is 15.5 Å². The van der Waals surface area contributed by atoms with E-state index in [2.05, 4.69) is 5.32 Å². The molecule has 100 valence electrons. The molecule has 1 amide bonds. The number of carbonyl (C=O) groups is 1. The molecule has 4 heteroatoms. The third kappa shape index (κ3) is 3.82. The summed E-state index contributed by atoms with van der Waals surface area (Å²) in [5, 5.41) is 21.2. The van der Waals surface area contributed by atoms with Gasteiger partial charge in [0.25, 0.3) is 0 Å². The van der Waals surface area contributed by atoms with Crippen LogP contribution in [0.4, 0.5) is 0 Å². The topological polar surface area (TPSA) is 69.6 Å². The highest BCUT2D eigenvalue weighted by atomic mass is 16.3. The predicted molar refractivity (Wildman–Crippen MR) is 70.2 cm³/mol. The van der Waals surface area contributed by atoms with Crippen molar-refractivity contribution in [2.24, 2.45) is 0 Å². The smallest absolute Gasteiger partial charge is 0.225 e. The SMILES string of the molecule is CCC(CO)(CO)NC(=O)Cc1ccc(C)cc1. The van der Waals surface area contributed by atoms with Crippen molar-refractivity contribution in [1.29, 1.82) is 0 Å². The van der Waals surface area contributed by atoms with E-state index in [-0.39, 0.29) is 25.5 Å². The van der Waals surface area contributed by atoms with E-state index in [1.807, 2.05) is 38.1 Å². The Balaban J connectivity index is 2.63. The Kier molecular flexibility index (Phi) is 5.31. The minimum absolute atomic E-state index is 0.191. The van der Waals surface area contributed by atoms with Crippen LogP contribution in [0.3, 0.4) is 0 Å². The fourth-order valence-corrected chi connectivity index (χ4v) is 1.67. The molecule has 0 aliphatic rings. The van der Waals surface area contributed by atoms with E-state index >= 15 is 0 Å². The summed E-state index contributed by atoms with van der Waals surface area (Å²) in [5.41, 5.74) is 1.15. The monoisotopic (exact) mass is 251 g/mol. The number of aliphatic hydroxyl groups is 2. The van der Waals surface area contributed by atoms with Crippen LogP contribution in [-0.4, -0.2) is 34.9 Å². The quantitative estimate of drug-likeness (QED) is 0.700. The van der Waals surface area contributed by atoms with Gasteiger partial charge in [0.1, 0.15) is 0 Å². The predicted octanol–water partition coefficient (Wildman–Crippen LogP) is 0.787. The van der Waals surface area contributed by atoms with Gasteiger partial charge in [-0.25, -0.2) is 0 Å². The summed E-state index contributed by atoms with van der Waals surface area (Å²) in [7, 11) is 0. The van der Waals surface area contributed by atoms with Crippen LogP contribution >= 0.6 is 0 Å². The Morgan fingerprint density at radius 2 is 1.78 bits per heavy atom. The summed E-state index contributed by atoms with van der Waals surface area (Å²) >= 11 is 0. The van der Waals surface area contributed by atoms with Crippen LogP contribution in [0.1, 0.15) is 24.5 Å². The highest BCUT2D eigenvalue weighted by Crippen LogP contribution is 2.10. The Morgan fingerprint density at radius 1 is 1.22 bits per heavy atom. The molecule has 0 spiro atoms. The minimum atomic E-state index is -0.915. The van der Waals surface area contributed by atoms with Crippen molar-refractivity contribution in [3.05, 3.63) is 35.4 Å². The highest BCUT2D eigenvalue weighted by molar-refractivity contribution is 5.79. The summed E-state index contributed by atoms with van der Waals surface area (Å²) in [4.78, 5) is 11.9. The number of hydrogen-bond donors (Lipinski definition) is 3. The molecule has 0 aliphatic carbocycles. The Bertz CT molecular complexity index is 374. The second kappa shape index (κ2) is 6.52. The number of amides is 1. The molecular weight excluding hydrogens is 230 g/mol. The van der Waals surface area contributed by atoms with Crippen LogP contribution in [0.2, 0.25) is 0 Å². The third-order valence-electron chi connectivity index (χ3n) is 3.17. The number of hydrogen-bond acceptors (Lipinski definition) is 3. The van der Waals surface area contributed by atoms with Crippen molar-refractivity contribution >= 4 is 5.91 Å². The molecule has 0 saturated carbocycles. The normalized spacial score (nSPS) is 11.3. The van der Waals surface area contributed by atoms with Gasteiger partial charge in [0.2, 0.25) is 5.91 Å². The number of benzene rings is 1. The van der Waals surface area contributed by atoms with Crippen LogP contribution in [0.15, 0.2) is 24.3 Å². The molecule has 4 nitrogen and oxygen atoms in total. The molecule has 3 N–H and O–H groups in total. The van der Waals surface area contributed by atoms with Crippen LogP contribution in [0.5, 0.6) is 0 Å². The summed E-state index contributed by atoms with van der Waals surface area (Å²) < 4.78 is 0. The highest BCUT2D eigenvalue weighted by Gasteiger charge is 2.28. The van der Waals surface area contributed by atoms with Crippen molar-refractivity contribution in [3.8, 4) is 0 Å². The zero-order chi connectivity index (χ0) is 13.6. The van der Waals surface area contributed by atoms with E-state index in [1.54, 1.807) is 0 Å². The van der Waals surface area contributed by atoms with Crippen molar-refractivity contribution < 1.29 is 15.0 Å². The van der Waals surface area contributed by atoms with Gasteiger partial charge in [-0.05, 0) is 18.9 Å². The van der Waals surface area contributed by atoms with Gasteiger partial charge >= 0.3 is 0 Å². The Labute approximate surface area is 108 Å². The summed E-state index contributed by atoms with van der Waals surface area (Å²) in [6.45, 7) is 3.28. The molecule has 0 aliphatic heterocycles. The van der Waals surface area contributed by atoms with E-state index in [4.69, 9.17) is 0 Å². The molecule has 0 aromatic heterocycles. The molecule has 1 rings (SSSR count). The first-order valence-corrected chi connectivity index (χ1v) is 6.13. The zero-order valence-electron chi connectivity index (χ0n) is 10.9. The summed E-state index contributed by atoms with van der Waals surface area (Å²) in [6, 6.07) is 7.71. The van der Waals surface area contributed by atoms with E-state index in [0.717, 1.165) is 11.1 Å². The molecule has 18 heavy (non-hydrogen) atoms. The van der Waals surface area contributed by atoms with Crippen LogP contribution in [-0.2, 0) is 11.2 Å². The van der Waals surface area contributed by atoms with Crippen LogP contribution in [0.25, 0.3) is 0 Å². The lowest BCUT2D eigenvalue weighted by molar-refractivity contribution is -0.123. The lowest BCUT2D eigenvalue weighted by Gasteiger charge is -2.29. The van der Waals surface area contributed by atoms with Gasteiger partial charge in [0, 0.05) is 0 Å². The van der Waals surface area contributed by atoms with Gasteiger partial charge in [0.05, 0.1) is 25.2 Å². The van der Waals surface area contributed by atoms with Crippen molar-refractivity contribution in [2.45, 2.75) is 32.2 Å². The molecule has 0 radical (unpaired) electrons. The molecule has 0 heterocycles. The van der Waals surface area contributed by atoms with Gasteiger partial charge in [-0.1, -0.05) is 36.8 Å². The first kappa shape index (κ1) is 14.7. The van der Waals surface area contributed by atoms with E-state index in [1.165, 1.54) is 0 Å². The number of nitrogens with one attached hydrogen (secondary N) is 1. The first-order chi connectivity index (χ1) is 8.55. The number of rotatable bonds is 6. The van der Waals surface area contributed by atoms with E-state index in [9.17, 15) is 15.0 Å². The molecule has 0 atom stereocenters. The lowest BCUT2D eigenvalue weighted by atomic mass is 9.98. The fourth-order valence-electron chi connectivity index (χ4n) is 1.67. The second-order valence-corrected chi connectivity index (χ2v) is 4.66. The van der Waals surface area contributed by atoms with Crippen molar-refractivity contribution in [3.63, 3.8) is 0 Å². The Morgan fingerprint density at radius 3 is 2.22 bits per heavy atom. The maximum absolute atomic E-state index is 11.9. The second-order valence-electron chi connectivity index (χ2n) is 4.66. The molecule has 0 bridgehead atoms. The number of aryl methyl sites for hydroxylation is 1. The average molecular weight is 251 g/mol. The van der Waals surface area contributed by atoms with Gasteiger partial charge in [-0.3, -0.25) is 4.79 Å². The van der Waals surface area contributed by atoms with E-state index < -0.39 is 5.54 Å². The average Bonchev–Trinajstić information content (AvgIpc) is 2.39. The zero-order valence-corrected chi connectivity index (χ0v) is 10.9. The van der Waals surface area contributed by atoms with Crippen molar-refractivity contribution in [2.75, 3.05) is 13.2 Å². The molecule has 0 fully saturated rings. The van der Waals surface area contributed by atoms with Crippen molar-refractivity contribution in [1.82, 2.24) is 5.32 Å². The largest absolute Gasteiger partial charge is 0.394 e. The summed E-state index contributed by atoms with van der Waals surface area (Å²) in [5.74, 6) is -0.191. The Hall–Kier alpha value is -1.39. The van der Waals surface area contributed by atoms with Gasteiger partial charge in [-0.15, -0.1) is 0 Å². The maximum atomic E-state index is 11.9. The standard InChI is InChI=1S/C14H21NO3/c1-3-14(9-16,10-17)15-13(18)8-12-6-4-11(2)5-7-12/h4-7,16-17H,3,8-10H2,1-2H3,(H,15,18). The minimum Gasteiger partial charge on any atom is -0.394 e. The maximum Gasteiger partial charge on any atom is 0.225 e. The molecule has 0 unspecified atom stereocenters. The molecule has 1 aromatic carbocycles. The number of aliphatic hydroxyl groups excluding tert-OH is 2. The molecular formula is C14H21NO3. The number of carbonyl (C=O) groups excluding carboxylic acids is 1. The van der Waals surface area contributed by atoms with Gasteiger partial charge in [0.15, 0.2) is 0 Å². The van der Waals surface area contributed by atoms with Crippen LogP contribution < -0.4 is 5.32 Å². The third-order valence-corrected chi connectivity index (χ3v) is 3.17. The molecule has 0 saturated heterocycles. The lowest BCUT2D eigenvalue weighted by Crippen LogP contribution is -2.54. The first-order valence-electron chi connectivity index (χ1n) is 6.13. The van der Waals surface area contributed by atoms with E-state index in [0.29, 0.717) is 6.42 Å². The summed E-state index contributed by atoms with van der Waals surface area (Å²) in [6.07, 6.45) is 0.738.